The SMILES string of the molecule is Fc1c(-c2nnn[nH]2)ccc(-c2nnn[nH]2)c1F. The average Bonchev–Trinajstić information content (AvgIpc) is 3.03. The van der Waals surface area contributed by atoms with E-state index >= 15 is 0 Å². The Labute approximate surface area is 97.4 Å². The van der Waals surface area contributed by atoms with Crippen LogP contribution in [0.5, 0.6) is 0 Å². The zero-order chi connectivity index (χ0) is 12.5. The molecule has 10 heteroatoms. The standard InChI is InChI=1S/C8H4F2N8/c9-5-3(7-11-15-16-12-7)1-2-4(6(5)10)8-13-17-18-14-8/h1-2H,(H,11,12,15,16)(H,13,14,17,18). The summed E-state index contributed by atoms with van der Waals surface area (Å²) in [5.41, 5.74) is -0.151. The van der Waals surface area contributed by atoms with E-state index in [4.69, 9.17) is 0 Å². The zero-order valence-electron chi connectivity index (χ0n) is 8.59. The van der Waals surface area contributed by atoms with Crippen LogP contribution in [0.1, 0.15) is 0 Å². The minimum atomic E-state index is -1.08. The Balaban J connectivity index is 2.15. The van der Waals surface area contributed by atoms with Crippen molar-refractivity contribution < 1.29 is 8.78 Å². The van der Waals surface area contributed by atoms with Crippen LogP contribution in [0.15, 0.2) is 12.1 Å². The van der Waals surface area contributed by atoms with Crippen molar-refractivity contribution in [3.05, 3.63) is 23.8 Å². The summed E-state index contributed by atoms with van der Waals surface area (Å²) in [6, 6.07) is 2.66. The highest BCUT2D eigenvalue weighted by atomic mass is 19.2. The number of benzene rings is 1. The number of halogens is 2. The molecule has 2 heterocycles. The molecule has 0 radical (unpaired) electrons. The van der Waals surface area contributed by atoms with Crippen LogP contribution >= 0.6 is 0 Å². The van der Waals surface area contributed by atoms with Crippen molar-refractivity contribution in [2.24, 2.45) is 0 Å². The predicted octanol–water partition coefficient (Wildman–Crippen LogP) is 0.325. The minimum Gasteiger partial charge on any atom is -0.239 e. The van der Waals surface area contributed by atoms with Crippen LogP contribution in [-0.4, -0.2) is 41.2 Å². The number of rotatable bonds is 2. The molecule has 0 aliphatic carbocycles. The van der Waals surface area contributed by atoms with Gasteiger partial charge in [-0.2, -0.15) is 0 Å². The number of aromatic nitrogens is 8. The molecule has 1 aromatic carbocycles. The fourth-order valence-electron chi connectivity index (χ4n) is 1.46. The largest absolute Gasteiger partial charge is 0.239 e. The molecular formula is C8H4F2N8. The second-order valence-electron chi connectivity index (χ2n) is 3.29. The highest BCUT2D eigenvalue weighted by Gasteiger charge is 2.19. The van der Waals surface area contributed by atoms with Crippen molar-refractivity contribution in [1.29, 1.82) is 0 Å². The first-order chi connectivity index (χ1) is 8.77. The molecule has 0 aliphatic rings. The van der Waals surface area contributed by atoms with Gasteiger partial charge in [0.1, 0.15) is 0 Å². The minimum absolute atomic E-state index is 0.0358. The normalized spacial score (nSPS) is 10.8. The topological polar surface area (TPSA) is 109 Å². The lowest BCUT2D eigenvalue weighted by Crippen LogP contribution is -1.96. The van der Waals surface area contributed by atoms with Gasteiger partial charge in [0, 0.05) is 0 Å². The zero-order valence-corrected chi connectivity index (χ0v) is 8.59. The van der Waals surface area contributed by atoms with E-state index < -0.39 is 11.6 Å². The van der Waals surface area contributed by atoms with Gasteiger partial charge in [0.05, 0.1) is 11.1 Å². The first-order valence-corrected chi connectivity index (χ1v) is 4.73. The van der Waals surface area contributed by atoms with Crippen LogP contribution in [0.3, 0.4) is 0 Å². The van der Waals surface area contributed by atoms with Gasteiger partial charge in [-0.05, 0) is 33.0 Å². The fraction of sp³-hybridized carbons (Fsp3) is 0. The number of nitrogens with one attached hydrogen (secondary N) is 2. The molecule has 8 nitrogen and oxygen atoms in total. The summed E-state index contributed by atoms with van der Waals surface area (Å²) in [4.78, 5) is 0. The highest BCUT2D eigenvalue weighted by molar-refractivity contribution is 5.64. The van der Waals surface area contributed by atoms with Crippen LogP contribution in [0.4, 0.5) is 8.78 Å². The van der Waals surface area contributed by atoms with Crippen molar-refractivity contribution in [3.63, 3.8) is 0 Å². The molecular weight excluding hydrogens is 246 g/mol. The Morgan fingerprint density at radius 2 is 1.22 bits per heavy atom. The molecule has 0 amide bonds. The van der Waals surface area contributed by atoms with Gasteiger partial charge in [-0.25, -0.2) is 19.0 Å². The van der Waals surface area contributed by atoms with Gasteiger partial charge in [-0.1, -0.05) is 0 Å². The second-order valence-corrected chi connectivity index (χ2v) is 3.29. The molecule has 0 fully saturated rings. The summed E-state index contributed by atoms with van der Waals surface area (Å²) in [7, 11) is 0. The Morgan fingerprint density at radius 3 is 1.56 bits per heavy atom. The van der Waals surface area contributed by atoms with E-state index in [1.807, 2.05) is 0 Å². The molecule has 2 aromatic heterocycles. The van der Waals surface area contributed by atoms with Crippen molar-refractivity contribution >= 4 is 0 Å². The lowest BCUT2D eigenvalue weighted by molar-refractivity contribution is 0.512. The number of hydrogen-bond donors (Lipinski definition) is 2. The number of hydrogen-bond acceptors (Lipinski definition) is 6. The van der Waals surface area contributed by atoms with Crippen LogP contribution in [0.2, 0.25) is 0 Å². The van der Waals surface area contributed by atoms with Crippen LogP contribution in [0, 0.1) is 11.6 Å². The lowest BCUT2D eigenvalue weighted by atomic mass is 10.1. The maximum atomic E-state index is 13.8. The summed E-state index contributed by atoms with van der Waals surface area (Å²) in [5, 5.41) is 24.9. The van der Waals surface area contributed by atoms with Gasteiger partial charge in [0.2, 0.25) is 0 Å². The van der Waals surface area contributed by atoms with E-state index in [0.717, 1.165) is 0 Å². The molecule has 2 N–H and O–H groups in total. The monoisotopic (exact) mass is 250 g/mol. The summed E-state index contributed by atoms with van der Waals surface area (Å²) in [5.74, 6) is -2.09. The van der Waals surface area contributed by atoms with Crippen LogP contribution in [-0.2, 0) is 0 Å². The molecule has 0 saturated carbocycles. The van der Waals surface area contributed by atoms with E-state index in [1.54, 1.807) is 0 Å². The molecule has 0 saturated heterocycles. The lowest BCUT2D eigenvalue weighted by Gasteiger charge is -2.03. The van der Waals surface area contributed by atoms with E-state index in [9.17, 15) is 8.78 Å². The van der Waals surface area contributed by atoms with E-state index in [2.05, 4.69) is 41.2 Å². The Kier molecular flexibility index (Phi) is 2.25. The Bertz CT molecular complexity index is 603. The molecule has 0 aliphatic heterocycles. The van der Waals surface area contributed by atoms with Gasteiger partial charge in [0.25, 0.3) is 0 Å². The van der Waals surface area contributed by atoms with E-state index in [0.29, 0.717) is 0 Å². The molecule has 0 bridgehead atoms. The maximum absolute atomic E-state index is 13.8. The molecule has 18 heavy (non-hydrogen) atoms. The summed E-state index contributed by atoms with van der Waals surface area (Å²) >= 11 is 0. The first-order valence-electron chi connectivity index (χ1n) is 4.73. The van der Waals surface area contributed by atoms with Crippen molar-refractivity contribution in [2.75, 3.05) is 0 Å². The maximum Gasteiger partial charge on any atom is 0.182 e. The Hall–Kier alpha value is -2.78. The van der Waals surface area contributed by atoms with Gasteiger partial charge in [0.15, 0.2) is 23.3 Å². The number of nitrogens with zero attached hydrogens (tertiary/aromatic N) is 6. The summed E-state index contributed by atoms with van der Waals surface area (Å²) < 4.78 is 27.7. The summed E-state index contributed by atoms with van der Waals surface area (Å²) in [6.07, 6.45) is 0. The Morgan fingerprint density at radius 1 is 0.778 bits per heavy atom. The van der Waals surface area contributed by atoms with Crippen LogP contribution in [0.25, 0.3) is 22.8 Å². The molecule has 0 unspecified atom stereocenters. The van der Waals surface area contributed by atoms with Gasteiger partial charge in [-0.15, -0.1) is 10.2 Å². The van der Waals surface area contributed by atoms with E-state index in [-0.39, 0.29) is 22.8 Å². The van der Waals surface area contributed by atoms with Crippen molar-refractivity contribution in [2.45, 2.75) is 0 Å². The molecule has 90 valence electrons. The smallest absolute Gasteiger partial charge is 0.182 e. The first kappa shape index (κ1) is 10.4. The second kappa shape index (κ2) is 3.91. The van der Waals surface area contributed by atoms with Gasteiger partial charge >= 0.3 is 0 Å². The third-order valence-electron chi connectivity index (χ3n) is 2.28. The van der Waals surface area contributed by atoms with Crippen molar-refractivity contribution in [1.82, 2.24) is 41.2 Å². The average molecular weight is 250 g/mol. The third kappa shape index (κ3) is 1.50. The van der Waals surface area contributed by atoms with Gasteiger partial charge < -0.3 is 0 Å². The molecule has 3 rings (SSSR count). The molecule has 3 aromatic rings. The van der Waals surface area contributed by atoms with Crippen LogP contribution < -0.4 is 0 Å². The number of H-pyrrole nitrogens is 2. The molecule has 0 spiro atoms. The predicted molar refractivity (Wildman–Crippen MR) is 52.7 cm³/mol. The number of aromatic amines is 2. The quantitative estimate of drug-likeness (QED) is 0.678. The molecule has 0 atom stereocenters. The highest BCUT2D eigenvalue weighted by Crippen LogP contribution is 2.27. The number of tetrazole rings is 2. The fourth-order valence-corrected chi connectivity index (χ4v) is 1.46. The van der Waals surface area contributed by atoms with E-state index in [1.165, 1.54) is 12.1 Å². The van der Waals surface area contributed by atoms with Gasteiger partial charge in [-0.3, -0.25) is 0 Å². The third-order valence-corrected chi connectivity index (χ3v) is 2.28. The van der Waals surface area contributed by atoms with Crippen molar-refractivity contribution in [3.8, 4) is 22.8 Å². The summed E-state index contributed by atoms with van der Waals surface area (Å²) in [6.45, 7) is 0.